The SMILES string of the molecule is O=C(Nc1cccc(Br)c1)c1ccc(Nc2ccnc(-c3cccc(F)c3)n2)cc1. The van der Waals surface area contributed by atoms with Gasteiger partial charge in [-0.25, -0.2) is 14.4 Å². The number of carbonyl (C=O) groups excluding carboxylic acids is 1. The van der Waals surface area contributed by atoms with Crippen molar-refractivity contribution in [1.29, 1.82) is 0 Å². The summed E-state index contributed by atoms with van der Waals surface area (Å²) in [6.45, 7) is 0. The summed E-state index contributed by atoms with van der Waals surface area (Å²) in [4.78, 5) is 21.1. The number of amides is 1. The van der Waals surface area contributed by atoms with Gasteiger partial charge in [0.05, 0.1) is 0 Å². The van der Waals surface area contributed by atoms with Gasteiger partial charge in [0, 0.05) is 33.2 Å². The van der Waals surface area contributed by atoms with E-state index in [0.29, 0.717) is 28.5 Å². The molecule has 5 nitrogen and oxygen atoms in total. The van der Waals surface area contributed by atoms with Crippen LogP contribution in [0.5, 0.6) is 0 Å². The first kappa shape index (κ1) is 19.7. The molecule has 4 aromatic rings. The van der Waals surface area contributed by atoms with E-state index in [0.717, 1.165) is 10.2 Å². The molecule has 0 aliphatic rings. The lowest BCUT2D eigenvalue weighted by Crippen LogP contribution is -2.11. The number of halogens is 2. The Hall–Kier alpha value is -3.58. The van der Waals surface area contributed by atoms with Crippen LogP contribution in [0.1, 0.15) is 10.4 Å². The van der Waals surface area contributed by atoms with Gasteiger partial charge >= 0.3 is 0 Å². The second kappa shape index (κ2) is 8.84. The Labute approximate surface area is 181 Å². The van der Waals surface area contributed by atoms with Crippen LogP contribution < -0.4 is 10.6 Å². The van der Waals surface area contributed by atoms with E-state index < -0.39 is 0 Å². The van der Waals surface area contributed by atoms with Crippen molar-refractivity contribution in [3.05, 3.63) is 101 Å². The van der Waals surface area contributed by atoms with Crippen LogP contribution in [0.2, 0.25) is 0 Å². The normalized spacial score (nSPS) is 10.5. The number of nitrogens with zero attached hydrogens (tertiary/aromatic N) is 2. The third kappa shape index (κ3) is 4.87. The number of nitrogens with one attached hydrogen (secondary N) is 2. The molecule has 0 unspecified atom stereocenters. The number of rotatable bonds is 5. The van der Waals surface area contributed by atoms with Crippen LogP contribution >= 0.6 is 15.9 Å². The smallest absolute Gasteiger partial charge is 0.255 e. The van der Waals surface area contributed by atoms with Crippen molar-refractivity contribution in [2.45, 2.75) is 0 Å². The van der Waals surface area contributed by atoms with Crippen LogP contribution in [0.25, 0.3) is 11.4 Å². The minimum absolute atomic E-state index is 0.199. The summed E-state index contributed by atoms with van der Waals surface area (Å²) in [6.07, 6.45) is 1.61. The molecule has 1 amide bonds. The van der Waals surface area contributed by atoms with Crippen LogP contribution in [0.4, 0.5) is 21.6 Å². The number of carbonyl (C=O) groups is 1. The van der Waals surface area contributed by atoms with E-state index in [1.54, 1.807) is 48.7 Å². The van der Waals surface area contributed by atoms with Gasteiger partial charge < -0.3 is 10.6 Å². The Balaban J connectivity index is 1.46. The van der Waals surface area contributed by atoms with Gasteiger partial charge in [0.2, 0.25) is 0 Å². The molecule has 0 fully saturated rings. The number of aromatic nitrogens is 2. The van der Waals surface area contributed by atoms with Crippen molar-refractivity contribution in [3.8, 4) is 11.4 Å². The molecule has 0 atom stereocenters. The predicted octanol–water partition coefficient (Wildman–Crippen LogP) is 6.04. The highest BCUT2D eigenvalue weighted by molar-refractivity contribution is 9.10. The van der Waals surface area contributed by atoms with Crippen molar-refractivity contribution < 1.29 is 9.18 Å². The first-order chi connectivity index (χ1) is 14.6. The highest BCUT2D eigenvalue weighted by Crippen LogP contribution is 2.21. The highest BCUT2D eigenvalue weighted by Gasteiger charge is 2.08. The van der Waals surface area contributed by atoms with Crippen LogP contribution in [-0.2, 0) is 0 Å². The summed E-state index contributed by atoms with van der Waals surface area (Å²) in [5.74, 6) is 0.446. The molecule has 7 heteroatoms. The monoisotopic (exact) mass is 462 g/mol. The Kier molecular flexibility index (Phi) is 5.81. The van der Waals surface area contributed by atoms with E-state index >= 15 is 0 Å². The summed E-state index contributed by atoms with van der Waals surface area (Å²) in [5.41, 5.74) is 2.60. The van der Waals surface area contributed by atoms with Gasteiger partial charge in [-0.2, -0.15) is 0 Å². The minimum atomic E-state index is -0.341. The lowest BCUT2D eigenvalue weighted by atomic mass is 10.2. The van der Waals surface area contributed by atoms with Crippen molar-refractivity contribution >= 4 is 39.0 Å². The van der Waals surface area contributed by atoms with Gasteiger partial charge in [0.25, 0.3) is 5.91 Å². The number of anilines is 3. The molecule has 0 radical (unpaired) electrons. The Morgan fingerprint density at radius 2 is 1.70 bits per heavy atom. The number of benzene rings is 3. The maximum absolute atomic E-state index is 13.5. The van der Waals surface area contributed by atoms with E-state index in [2.05, 4.69) is 36.5 Å². The maximum Gasteiger partial charge on any atom is 0.255 e. The fraction of sp³-hybridized carbons (Fsp3) is 0. The Morgan fingerprint density at radius 3 is 2.47 bits per heavy atom. The quantitative estimate of drug-likeness (QED) is 0.379. The van der Waals surface area contributed by atoms with Gasteiger partial charge in [0.1, 0.15) is 11.6 Å². The Bertz CT molecular complexity index is 1200. The molecular weight excluding hydrogens is 447 g/mol. The maximum atomic E-state index is 13.5. The molecule has 0 saturated heterocycles. The number of hydrogen-bond acceptors (Lipinski definition) is 4. The first-order valence-corrected chi connectivity index (χ1v) is 9.89. The second-order valence-electron chi connectivity index (χ2n) is 6.44. The third-order valence-corrected chi connectivity index (χ3v) is 4.73. The molecule has 3 aromatic carbocycles. The molecule has 0 aliphatic carbocycles. The van der Waals surface area contributed by atoms with E-state index in [9.17, 15) is 9.18 Å². The zero-order valence-electron chi connectivity index (χ0n) is 15.6. The summed E-state index contributed by atoms with van der Waals surface area (Å²) in [5, 5.41) is 6.03. The van der Waals surface area contributed by atoms with Crippen LogP contribution in [0, 0.1) is 5.82 Å². The second-order valence-corrected chi connectivity index (χ2v) is 7.36. The molecular formula is C23H16BrFN4O. The average Bonchev–Trinajstić information content (AvgIpc) is 2.74. The molecule has 148 valence electrons. The third-order valence-electron chi connectivity index (χ3n) is 4.24. The molecule has 0 spiro atoms. The largest absolute Gasteiger partial charge is 0.340 e. The van der Waals surface area contributed by atoms with Gasteiger partial charge in [-0.05, 0) is 60.7 Å². The topological polar surface area (TPSA) is 66.9 Å². The lowest BCUT2D eigenvalue weighted by Gasteiger charge is -2.09. The van der Waals surface area contributed by atoms with E-state index in [-0.39, 0.29) is 11.7 Å². The minimum Gasteiger partial charge on any atom is -0.340 e. The van der Waals surface area contributed by atoms with Crippen LogP contribution in [0.15, 0.2) is 89.5 Å². The number of hydrogen-bond donors (Lipinski definition) is 2. The summed E-state index contributed by atoms with van der Waals surface area (Å²) in [6, 6.07) is 22.3. The fourth-order valence-corrected chi connectivity index (χ4v) is 3.22. The summed E-state index contributed by atoms with van der Waals surface area (Å²) in [7, 11) is 0. The zero-order chi connectivity index (χ0) is 20.9. The van der Waals surface area contributed by atoms with E-state index in [1.807, 2.05) is 24.3 Å². The van der Waals surface area contributed by atoms with Crippen molar-refractivity contribution in [1.82, 2.24) is 9.97 Å². The first-order valence-electron chi connectivity index (χ1n) is 9.10. The van der Waals surface area contributed by atoms with Crippen molar-refractivity contribution in [3.63, 3.8) is 0 Å². The van der Waals surface area contributed by atoms with Crippen LogP contribution in [-0.4, -0.2) is 15.9 Å². The average molecular weight is 463 g/mol. The molecule has 1 aromatic heterocycles. The summed E-state index contributed by atoms with van der Waals surface area (Å²) >= 11 is 3.38. The van der Waals surface area contributed by atoms with Gasteiger partial charge in [-0.3, -0.25) is 4.79 Å². The molecule has 0 bridgehead atoms. The van der Waals surface area contributed by atoms with E-state index in [1.165, 1.54) is 12.1 Å². The molecule has 1 heterocycles. The standard InChI is InChI=1S/C23H16BrFN4O/c24-17-4-2-6-20(14-17)28-23(30)15-7-9-19(10-8-15)27-21-11-12-26-22(29-21)16-3-1-5-18(25)13-16/h1-14H,(H,28,30)(H,26,27,29). The van der Waals surface area contributed by atoms with Crippen LogP contribution in [0.3, 0.4) is 0 Å². The molecule has 30 heavy (non-hydrogen) atoms. The van der Waals surface area contributed by atoms with Crippen molar-refractivity contribution in [2.75, 3.05) is 10.6 Å². The molecule has 0 saturated carbocycles. The van der Waals surface area contributed by atoms with Gasteiger partial charge in [-0.1, -0.05) is 34.1 Å². The van der Waals surface area contributed by atoms with E-state index in [4.69, 9.17) is 0 Å². The Morgan fingerprint density at radius 1 is 0.900 bits per heavy atom. The molecule has 0 aliphatic heterocycles. The zero-order valence-corrected chi connectivity index (χ0v) is 17.2. The highest BCUT2D eigenvalue weighted by atomic mass is 79.9. The predicted molar refractivity (Wildman–Crippen MR) is 119 cm³/mol. The van der Waals surface area contributed by atoms with Crippen molar-refractivity contribution in [2.24, 2.45) is 0 Å². The van der Waals surface area contributed by atoms with Gasteiger partial charge in [-0.15, -0.1) is 0 Å². The van der Waals surface area contributed by atoms with Gasteiger partial charge in [0.15, 0.2) is 5.82 Å². The lowest BCUT2D eigenvalue weighted by molar-refractivity contribution is 0.102. The molecule has 4 rings (SSSR count). The molecule has 2 N–H and O–H groups in total. The fourth-order valence-electron chi connectivity index (χ4n) is 2.82. The summed E-state index contributed by atoms with van der Waals surface area (Å²) < 4.78 is 14.3.